The van der Waals surface area contributed by atoms with E-state index in [0.29, 0.717) is 5.75 Å². The number of phenols is 1. The Bertz CT molecular complexity index is 1400. The molecule has 0 amide bonds. The van der Waals surface area contributed by atoms with Crippen LogP contribution in [-0.4, -0.2) is 60.2 Å². The lowest BCUT2D eigenvalue weighted by Gasteiger charge is -2.32. The van der Waals surface area contributed by atoms with Crippen molar-refractivity contribution in [2.75, 3.05) is 45.7 Å². The highest BCUT2D eigenvalue weighted by molar-refractivity contribution is 6.32. The summed E-state index contributed by atoms with van der Waals surface area (Å²) in [5.74, 6) is 0.262. The number of nitrogens with one attached hydrogen (secondary N) is 1. The lowest BCUT2D eigenvalue weighted by atomic mass is 10.00. The van der Waals surface area contributed by atoms with Gasteiger partial charge in [-0.1, -0.05) is 29.8 Å². The van der Waals surface area contributed by atoms with E-state index in [1.165, 1.54) is 12.7 Å². The minimum absolute atomic E-state index is 0.0669. The van der Waals surface area contributed by atoms with Crippen molar-refractivity contribution >= 4 is 33.9 Å². The fourth-order valence-corrected chi connectivity index (χ4v) is 4.89. The average molecular weight is 515 g/mol. The molecule has 2 N–H and O–H groups in total. The van der Waals surface area contributed by atoms with E-state index in [1.54, 1.807) is 12.1 Å². The first-order valence-electron chi connectivity index (χ1n) is 12.3. The lowest BCUT2D eigenvalue weighted by Crippen LogP contribution is -2.43. The molecule has 3 aromatic carbocycles. The third-order valence-corrected chi connectivity index (χ3v) is 7.21. The van der Waals surface area contributed by atoms with Crippen molar-refractivity contribution in [3.05, 3.63) is 90.3 Å². The minimum Gasteiger partial charge on any atom is -0.503 e. The van der Waals surface area contributed by atoms with Crippen molar-refractivity contribution in [3.63, 3.8) is 0 Å². The van der Waals surface area contributed by atoms with Crippen molar-refractivity contribution in [1.29, 1.82) is 0 Å². The number of fused-ring (bicyclic) bond motifs is 1. The second-order valence-electron chi connectivity index (χ2n) is 9.43. The van der Waals surface area contributed by atoms with Gasteiger partial charge in [-0.15, -0.1) is 0 Å². The van der Waals surface area contributed by atoms with Gasteiger partial charge in [0.15, 0.2) is 11.5 Å². The summed E-state index contributed by atoms with van der Waals surface area (Å²) in [6.07, 6.45) is 3.64. The maximum absolute atomic E-state index is 10.1. The van der Waals surface area contributed by atoms with Crippen LogP contribution in [-0.2, 0) is 6.54 Å². The molecule has 0 aliphatic carbocycles. The van der Waals surface area contributed by atoms with Crippen LogP contribution in [0.25, 0.3) is 22.0 Å². The molecular formula is C30H31ClN4O2. The summed E-state index contributed by atoms with van der Waals surface area (Å²) in [6, 6.07) is 18.2. The van der Waals surface area contributed by atoms with Gasteiger partial charge in [0.25, 0.3) is 0 Å². The summed E-state index contributed by atoms with van der Waals surface area (Å²) in [5, 5.41) is 14.9. The number of hydrogen-bond acceptors (Lipinski definition) is 6. The van der Waals surface area contributed by atoms with Crippen LogP contribution >= 0.6 is 11.6 Å². The lowest BCUT2D eigenvalue weighted by molar-refractivity contribution is 0.148. The number of aromatic nitrogens is 1. The molecule has 1 aliphatic heterocycles. The Hall–Kier alpha value is -3.32. The second-order valence-corrected chi connectivity index (χ2v) is 9.84. The third kappa shape index (κ3) is 5.52. The van der Waals surface area contributed by atoms with Crippen LogP contribution < -0.4 is 10.1 Å². The summed E-state index contributed by atoms with van der Waals surface area (Å²) in [6.45, 7) is 9.39. The first kappa shape index (κ1) is 25.3. The summed E-state index contributed by atoms with van der Waals surface area (Å²) in [7, 11) is 3.69. The topological polar surface area (TPSA) is 60.9 Å². The number of piperazine rings is 1. The number of halogens is 1. The normalized spacial score (nSPS) is 14.7. The highest BCUT2D eigenvalue weighted by Gasteiger charge is 2.15. The Balaban J connectivity index is 1.45. The molecule has 0 spiro atoms. The van der Waals surface area contributed by atoms with E-state index in [-0.39, 0.29) is 10.8 Å². The Morgan fingerprint density at radius 1 is 1.05 bits per heavy atom. The van der Waals surface area contributed by atoms with Crippen LogP contribution in [0.15, 0.2) is 60.8 Å². The molecule has 0 unspecified atom stereocenters. The molecule has 0 bridgehead atoms. The standard InChI is InChI=1S/C30H31ClN4O2/c1-4-21-18-32-27-10-7-22(23-16-26(31)30(36)28(17-23)37-3)15-25(27)29(21)33-24-8-5-20(6-9-24)19-35-13-11-34(2)12-14-35/h4-10,15-18,36H,1,11-14,19H2,2-3H3,(H,32,33). The van der Waals surface area contributed by atoms with Crippen LogP contribution in [0, 0.1) is 13.3 Å². The number of nitrogens with zero attached hydrogens (tertiary/aromatic N) is 3. The van der Waals surface area contributed by atoms with Crippen LogP contribution in [0.2, 0.25) is 5.02 Å². The average Bonchev–Trinajstić information content (AvgIpc) is 2.92. The van der Waals surface area contributed by atoms with E-state index in [1.807, 2.05) is 24.8 Å². The van der Waals surface area contributed by atoms with Gasteiger partial charge < -0.3 is 20.1 Å². The fraction of sp³-hybridized carbons (Fsp3) is 0.233. The first-order chi connectivity index (χ1) is 17.9. The molecule has 5 rings (SSSR count). The van der Waals surface area contributed by atoms with Gasteiger partial charge in [0, 0.05) is 50.0 Å². The predicted molar refractivity (Wildman–Crippen MR) is 152 cm³/mol. The van der Waals surface area contributed by atoms with Gasteiger partial charge in [-0.25, -0.2) is 0 Å². The van der Waals surface area contributed by atoms with Crippen LogP contribution in [0.4, 0.5) is 11.4 Å². The zero-order valence-electron chi connectivity index (χ0n) is 21.2. The predicted octanol–water partition coefficient (Wildman–Crippen LogP) is 6.15. The number of aromatic hydroxyl groups is 1. The largest absolute Gasteiger partial charge is 0.503 e. The number of anilines is 2. The van der Waals surface area contributed by atoms with Crippen molar-refractivity contribution < 1.29 is 9.84 Å². The van der Waals surface area contributed by atoms with Gasteiger partial charge in [-0.05, 0) is 79.0 Å². The quantitative estimate of drug-likeness (QED) is 0.308. The number of phenolic OH excluding ortho intramolecular Hbond substituents is 1. The molecule has 1 fully saturated rings. The molecule has 1 saturated heterocycles. The second kappa shape index (κ2) is 11.0. The molecule has 1 aliphatic rings. The van der Waals surface area contributed by atoms with E-state index in [4.69, 9.17) is 16.3 Å². The van der Waals surface area contributed by atoms with Crippen LogP contribution in [0.5, 0.6) is 11.5 Å². The smallest absolute Gasteiger partial charge is 0.176 e. The number of benzene rings is 3. The van der Waals surface area contributed by atoms with E-state index in [2.05, 4.69) is 64.4 Å². The van der Waals surface area contributed by atoms with Crippen LogP contribution in [0.3, 0.4) is 0 Å². The number of pyridine rings is 1. The van der Waals surface area contributed by atoms with Gasteiger partial charge in [0.2, 0.25) is 0 Å². The molecule has 2 heterocycles. The summed E-state index contributed by atoms with van der Waals surface area (Å²) >= 11 is 6.26. The van der Waals surface area contributed by atoms with Gasteiger partial charge in [0.1, 0.15) is 0 Å². The zero-order valence-corrected chi connectivity index (χ0v) is 21.9. The minimum atomic E-state index is -0.0669. The van der Waals surface area contributed by atoms with Gasteiger partial charge in [-0.3, -0.25) is 9.88 Å². The van der Waals surface area contributed by atoms with Crippen molar-refractivity contribution in [3.8, 4) is 22.6 Å². The van der Waals surface area contributed by atoms with Crippen LogP contribution in [0.1, 0.15) is 11.1 Å². The van der Waals surface area contributed by atoms with Crippen molar-refractivity contribution in [1.82, 2.24) is 14.8 Å². The molecule has 0 saturated carbocycles. The molecule has 0 atom stereocenters. The molecule has 190 valence electrons. The molecule has 7 heteroatoms. The maximum atomic E-state index is 10.1. The fourth-order valence-electron chi connectivity index (χ4n) is 4.68. The number of rotatable bonds is 7. The molecule has 6 nitrogen and oxygen atoms in total. The van der Waals surface area contributed by atoms with E-state index < -0.39 is 0 Å². The Morgan fingerprint density at radius 3 is 2.51 bits per heavy atom. The van der Waals surface area contributed by atoms with E-state index in [9.17, 15) is 5.11 Å². The number of ether oxygens (including phenoxy) is 1. The number of hydrogen-bond donors (Lipinski definition) is 2. The number of methoxy groups -OCH3 is 1. The molecule has 2 radical (unpaired) electrons. The highest BCUT2D eigenvalue weighted by atomic mass is 35.5. The third-order valence-electron chi connectivity index (χ3n) is 6.92. The molecule has 37 heavy (non-hydrogen) atoms. The van der Waals surface area contributed by atoms with E-state index >= 15 is 0 Å². The molecule has 1 aromatic heterocycles. The van der Waals surface area contributed by atoms with Gasteiger partial charge in [-0.2, -0.15) is 0 Å². The Labute approximate surface area is 223 Å². The zero-order chi connectivity index (χ0) is 25.9. The Kier molecular flexibility index (Phi) is 7.51. The van der Waals surface area contributed by atoms with Gasteiger partial charge >= 0.3 is 0 Å². The maximum Gasteiger partial charge on any atom is 0.176 e. The first-order valence-corrected chi connectivity index (χ1v) is 12.7. The number of likely N-dealkylation sites (N-methyl/N-ethyl adjacent to an activating group) is 1. The van der Waals surface area contributed by atoms with Crippen molar-refractivity contribution in [2.24, 2.45) is 0 Å². The summed E-state index contributed by atoms with van der Waals surface area (Å²) < 4.78 is 5.30. The highest BCUT2D eigenvalue weighted by Crippen LogP contribution is 2.40. The molecular weight excluding hydrogens is 484 g/mol. The van der Waals surface area contributed by atoms with E-state index in [0.717, 1.165) is 71.7 Å². The summed E-state index contributed by atoms with van der Waals surface area (Å²) in [5.41, 5.74) is 6.78. The monoisotopic (exact) mass is 514 g/mol. The van der Waals surface area contributed by atoms with Gasteiger partial charge in [0.05, 0.1) is 23.3 Å². The Morgan fingerprint density at radius 2 is 1.81 bits per heavy atom. The molecule has 4 aromatic rings. The SMILES string of the molecule is [CH2][CH]c1cnc2ccc(-c3cc(Cl)c(O)c(OC)c3)cc2c1Nc1ccc(CN2CCN(C)CC2)cc1. The van der Waals surface area contributed by atoms with Crippen molar-refractivity contribution in [2.45, 2.75) is 6.54 Å². The summed E-state index contributed by atoms with van der Waals surface area (Å²) in [4.78, 5) is 9.50.